The van der Waals surface area contributed by atoms with Crippen molar-refractivity contribution < 1.29 is 30.7 Å². The standard InChI is InChI=1S/C11H4F7N/c1-19-11-7(15)3-2(6(14)10(11)18)4(12)8(16)9(17)5(3)13/h19H,1H3. The van der Waals surface area contributed by atoms with E-state index in [-0.39, 0.29) is 0 Å². The van der Waals surface area contributed by atoms with E-state index in [1.54, 1.807) is 0 Å². The third kappa shape index (κ3) is 1.62. The average Bonchev–Trinajstić information content (AvgIpc) is 2.38. The summed E-state index contributed by atoms with van der Waals surface area (Å²) in [4.78, 5) is 0. The van der Waals surface area contributed by atoms with Gasteiger partial charge < -0.3 is 5.32 Å². The summed E-state index contributed by atoms with van der Waals surface area (Å²) in [7, 11) is 0.987. The molecule has 0 amide bonds. The molecule has 0 fully saturated rings. The van der Waals surface area contributed by atoms with Crippen molar-refractivity contribution in [1.82, 2.24) is 0 Å². The minimum Gasteiger partial charge on any atom is -0.383 e. The Kier molecular flexibility index (Phi) is 3.03. The van der Waals surface area contributed by atoms with Crippen LogP contribution in [0.1, 0.15) is 0 Å². The molecule has 1 nitrogen and oxygen atoms in total. The lowest BCUT2D eigenvalue weighted by atomic mass is 10.1. The Morgan fingerprint density at radius 1 is 0.526 bits per heavy atom. The van der Waals surface area contributed by atoms with E-state index in [1.807, 2.05) is 5.32 Å². The largest absolute Gasteiger partial charge is 0.383 e. The van der Waals surface area contributed by atoms with Crippen molar-refractivity contribution in [2.24, 2.45) is 0 Å². The van der Waals surface area contributed by atoms with Gasteiger partial charge in [-0.25, -0.2) is 30.7 Å². The van der Waals surface area contributed by atoms with Gasteiger partial charge in [-0.15, -0.1) is 0 Å². The maximum absolute atomic E-state index is 13.7. The van der Waals surface area contributed by atoms with Gasteiger partial charge in [0.15, 0.2) is 40.7 Å². The molecule has 0 saturated heterocycles. The van der Waals surface area contributed by atoms with Crippen LogP contribution in [0.25, 0.3) is 10.8 Å². The van der Waals surface area contributed by atoms with Gasteiger partial charge in [0, 0.05) is 7.05 Å². The SMILES string of the molecule is CNc1c(F)c(F)c2c(F)c(F)c(F)c(F)c2c1F. The van der Waals surface area contributed by atoms with Crippen LogP contribution >= 0.6 is 0 Å². The third-order valence-electron chi connectivity index (χ3n) is 2.59. The number of halogens is 7. The Balaban J connectivity index is 3.18. The molecule has 1 N–H and O–H groups in total. The minimum atomic E-state index is -2.35. The van der Waals surface area contributed by atoms with E-state index < -0.39 is 57.2 Å². The van der Waals surface area contributed by atoms with E-state index in [0.717, 1.165) is 7.05 Å². The van der Waals surface area contributed by atoms with Crippen LogP contribution in [0.3, 0.4) is 0 Å². The van der Waals surface area contributed by atoms with Crippen molar-refractivity contribution >= 4 is 16.5 Å². The molecule has 8 heteroatoms. The maximum atomic E-state index is 13.7. The number of hydrogen-bond donors (Lipinski definition) is 1. The zero-order chi connectivity index (χ0) is 14.5. The highest BCUT2D eigenvalue weighted by atomic mass is 19.2. The Morgan fingerprint density at radius 3 is 1.32 bits per heavy atom. The number of rotatable bonds is 1. The van der Waals surface area contributed by atoms with Crippen LogP contribution in [-0.4, -0.2) is 7.05 Å². The van der Waals surface area contributed by atoms with Gasteiger partial charge in [-0.2, -0.15) is 0 Å². The second kappa shape index (κ2) is 4.29. The van der Waals surface area contributed by atoms with E-state index in [1.165, 1.54) is 0 Å². The quantitative estimate of drug-likeness (QED) is 0.476. The summed E-state index contributed by atoms with van der Waals surface area (Å²) >= 11 is 0. The van der Waals surface area contributed by atoms with Gasteiger partial charge in [-0.05, 0) is 0 Å². The van der Waals surface area contributed by atoms with E-state index in [4.69, 9.17) is 0 Å². The van der Waals surface area contributed by atoms with Crippen molar-refractivity contribution in [2.45, 2.75) is 0 Å². The van der Waals surface area contributed by atoms with E-state index in [9.17, 15) is 30.7 Å². The van der Waals surface area contributed by atoms with E-state index in [0.29, 0.717) is 0 Å². The molecular formula is C11H4F7N. The normalized spacial score (nSPS) is 11.2. The highest BCUT2D eigenvalue weighted by molar-refractivity contribution is 5.89. The van der Waals surface area contributed by atoms with Crippen LogP contribution in [0.4, 0.5) is 36.4 Å². The zero-order valence-corrected chi connectivity index (χ0v) is 9.15. The van der Waals surface area contributed by atoms with Gasteiger partial charge >= 0.3 is 0 Å². The molecule has 2 rings (SSSR count). The summed E-state index contributed by atoms with van der Waals surface area (Å²) in [6.07, 6.45) is 0. The van der Waals surface area contributed by atoms with Crippen LogP contribution in [0.2, 0.25) is 0 Å². The number of benzene rings is 2. The molecule has 0 unspecified atom stereocenters. The maximum Gasteiger partial charge on any atom is 0.198 e. The van der Waals surface area contributed by atoms with Crippen molar-refractivity contribution in [3.8, 4) is 0 Å². The molecule has 0 aliphatic rings. The van der Waals surface area contributed by atoms with Gasteiger partial charge in [0.05, 0.1) is 10.8 Å². The molecule has 0 aliphatic carbocycles. The van der Waals surface area contributed by atoms with Crippen molar-refractivity contribution in [1.29, 1.82) is 0 Å². The first kappa shape index (κ1) is 13.4. The van der Waals surface area contributed by atoms with Crippen LogP contribution in [0.5, 0.6) is 0 Å². The van der Waals surface area contributed by atoms with Crippen molar-refractivity contribution in [2.75, 3.05) is 12.4 Å². The third-order valence-corrected chi connectivity index (χ3v) is 2.59. The lowest BCUT2D eigenvalue weighted by Crippen LogP contribution is -2.07. The fourth-order valence-electron chi connectivity index (χ4n) is 1.70. The average molecular weight is 283 g/mol. The lowest BCUT2D eigenvalue weighted by molar-refractivity contribution is 0.412. The smallest absolute Gasteiger partial charge is 0.198 e. The van der Waals surface area contributed by atoms with Gasteiger partial charge in [0.2, 0.25) is 0 Å². The topological polar surface area (TPSA) is 12.0 Å². The predicted molar refractivity (Wildman–Crippen MR) is 53.2 cm³/mol. The Labute approximate surface area is 101 Å². The summed E-state index contributed by atoms with van der Waals surface area (Å²) in [5, 5.41) is -1.24. The fraction of sp³-hybridized carbons (Fsp3) is 0.0909. The summed E-state index contributed by atoms with van der Waals surface area (Å²) in [5.74, 6) is -14.6. The number of anilines is 1. The molecule has 0 spiro atoms. The molecule has 2 aromatic rings. The van der Waals surface area contributed by atoms with Gasteiger partial charge in [0.25, 0.3) is 0 Å². The number of nitrogens with one attached hydrogen (secondary N) is 1. The molecule has 0 aromatic heterocycles. The molecule has 0 radical (unpaired) electrons. The molecular weight excluding hydrogens is 279 g/mol. The first-order valence-electron chi connectivity index (χ1n) is 4.82. The van der Waals surface area contributed by atoms with Gasteiger partial charge in [-0.1, -0.05) is 0 Å². The van der Waals surface area contributed by atoms with Gasteiger partial charge in [-0.3, -0.25) is 0 Å². The van der Waals surface area contributed by atoms with Crippen LogP contribution < -0.4 is 5.32 Å². The molecule has 0 heterocycles. The number of fused-ring (bicyclic) bond motifs is 1. The lowest BCUT2D eigenvalue weighted by Gasteiger charge is -2.11. The van der Waals surface area contributed by atoms with E-state index >= 15 is 0 Å². The molecule has 0 aliphatic heterocycles. The first-order chi connectivity index (χ1) is 8.82. The molecule has 0 saturated carbocycles. The second-order valence-electron chi connectivity index (χ2n) is 3.57. The Bertz CT molecular complexity index is 696. The summed E-state index contributed by atoms with van der Waals surface area (Å²) in [5.41, 5.74) is -1.12. The predicted octanol–water partition coefficient (Wildman–Crippen LogP) is 3.86. The first-order valence-corrected chi connectivity index (χ1v) is 4.82. The minimum absolute atomic E-state index is 0.987. The summed E-state index contributed by atoms with van der Waals surface area (Å²) < 4.78 is 93.2. The van der Waals surface area contributed by atoms with Crippen molar-refractivity contribution in [3.05, 3.63) is 40.7 Å². The zero-order valence-electron chi connectivity index (χ0n) is 9.15. The van der Waals surface area contributed by atoms with Gasteiger partial charge in [0.1, 0.15) is 5.69 Å². The van der Waals surface area contributed by atoms with Crippen LogP contribution in [0, 0.1) is 40.7 Å². The molecule has 0 atom stereocenters. The van der Waals surface area contributed by atoms with Crippen LogP contribution in [0.15, 0.2) is 0 Å². The second-order valence-corrected chi connectivity index (χ2v) is 3.57. The Morgan fingerprint density at radius 2 is 0.895 bits per heavy atom. The molecule has 2 aromatic carbocycles. The summed E-state index contributed by atoms with van der Waals surface area (Å²) in [6.45, 7) is 0. The number of hydrogen-bond acceptors (Lipinski definition) is 1. The fourth-order valence-corrected chi connectivity index (χ4v) is 1.70. The monoisotopic (exact) mass is 283 g/mol. The van der Waals surface area contributed by atoms with Crippen LogP contribution in [-0.2, 0) is 0 Å². The highest BCUT2D eigenvalue weighted by Crippen LogP contribution is 2.36. The molecule has 19 heavy (non-hydrogen) atoms. The summed E-state index contributed by atoms with van der Waals surface area (Å²) in [6, 6.07) is 0. The molecule has 102 valence electrons. The molecule has 0 bridgehead atoms. The van der Waals surface area contributed by atoms with Crippen molar-refractivity contribution in [3.63, 3.8) is 0 Å². The van der Waals surface area contributed by atoms with E-state index in [2.05, 4.69) is 0 Å². The highest BCUT2D eigenvalue weighted by Gasteiger charge is 2.29. The Hall–Kier alpha value is -1.99.